The van der Waals surface area contributed by atoms with Crippen molar-refractivity contribution in [1.82, 2.24) is 30.4 Å². The van der Waals surface area contributed by atoms with Gasteiger partial charge in [-0.15, -0.1) is 10.2 Å². The van der Waals surface area contributed by atoms with E-state index in [0.717, 1.165) is 0 Å². The summed E-state index contributed by atoms with van der Waals surface area (Å²) >= 11 is 0. The number of rotatable bonds is 7. The molecule has 208 valence electrons. The van der Waals surface area contributed by atoms with Crippen molar-refractivity contribution in [2.75, 3.05) is 12.3 Å². The number of tetrazole rings is 1. The second kappa shape index (κ2) is 11.3. The van der Waals surface area contributed by atoms with E-state index < -0.39 is 41.8 Å². The Morgan fingerprint density at radius 2 is 1.82 bits per heavy atom. The monoisotopic (exact) mass is 588 g/mol. The lowest BCUT2D eigenvalue weighted by Gasteiger charge is -2.16. The molecule has 0 amide bonds. The molecule has 0 saturated heterocycles. The molecule has 19 heteroatoms. The van der Waals surface area contributed by atoms with Crippen LogP contribution in [0.2, 0.25) is 0 Å². The van der Waals surface area contributed by atoms with Crippen LogP contribution in [0.4, 0.5) is 13.2 Å². The molecule has 0 aliphatic carbocycles. The van der Waals surface area contributed by atoms with E-state index in [2.05, 4.69) is 31.5 Å². The number of sulfonamides is 1. The minimum atomic E-state index is -5.19. The number of halogens is 3. The number of carboxylic acids is 1. The van der Waals surface area contributed by atoms with E-state index in [1.54, 1.807) is 41.3 Å². The first-order chi connectivity index (χ1) is 18.2. The molecule has 0 unspecified atom stereocenters. The van der Waals surface area contributed by atoms with E-state index in [-0.39, 0.29) is 23.7 Å². The van der Waals surface area contributed by atoms with Crippen molar-refractivity contribution in [2.45, 2.75) is 16.0 Å². The number of aromatic amines is 1. The Morgan fingerprint density at radius 3 is 2.33 bits per heavy atom. The summed E-state index contributed by atoms with van der Waals surface area (Å²) in [6.45, 7) is 0.0532. The second-order valence-electron chi connectivity index (χ2n) is 7.55. The van der Waals surface area contributed by atoms with Crippen molar-refractivity contribution in [3.63, 3.8) is 0 Å². The molecule has 39 heavy (non-hydrogen) atoms. The molecule has 2 heterocycles. The highest BCUT2D eigenvalue weighted by molar-refractivity contribution is 7.93. The van der Waals surface area contributed by atoms with Crippen molar-refractivity contribution < 1.29 is 45.6 Å². The van der Waals surface area contributed by atoms with Gasteiger partial charge < -0.3 is 15.6 Å². The number of primary sulfonamides is 1. The number of carboxylic acid groups (broad SMARTS) is 1. The Morgan fingerprint density at radius 1 is 1.13 bits per heavy atom. The van der Waals surface area contributed by atoms with Gasteiger partial charge >= 0.3 is 6.18 Å². The van der Waals surface area contributed by atoms with Gasteiger partial charge in [0.25, 0.3) is 0 Å². The molecule has 0 saturated carbocycles. The topological polar surface area (TPSA) is 234 Å². The van der Waals surface area contributed by atoms with Crippen LogP contribution in [0.3, 0.4) is 0 Å². The van der Waals surface area contributed by atoms with Gasteiger partial charge in [0, 0.05) is 12.4 Å². The molecule has 2 aromatic carbocycles. The summed E-state index contributed by atoms with van der Waals surface area (Å²) in [4.78, 5) is 7.76. The first kappa shape index (κ1) is 29.4. The molecule has 0 bridgehead atoms. The van der Waals surface area contributed by atoms with Gasteiger partial charge in [-0.05, 0) is 40.6 Å². The number of nitrogens with one attached hydrogen (secondary N) is 1. The summed E-state index contributed by atoms with van der Waals surface area (Å²) in [6, 6.07) is 11.6. The minimum absolute atomic E-state index is 0.0532. The van der Waals surface area contributed by atoms with Gasteiger partial charge in [0.2, 0.25) is 15.8 Å². The first-order valence-electron chi connectivity index (χ1n) is 10.5. The van der Waals surface area contributed by atoms with Crippen molar-refractivity contribution in [3.8, 4) is 28.2 Å². The minimum Gasteiger partial charge on any atom is -0.542 e. The number of aliphatic carboxylic acids is 1. The van der Waals surface area contributed by atoms with Crippen LogP contribution in [0.1, 0.15) is 0 Å². The van der Waals surface area contributed by atoms with Crippen LogP contribution in [0.15, 0.2) is 64.6 Å². The molecular formula is C20H19F3N8O6S2. The van der Waals surface area contributed by atoms with Crippen LogP contribution in [-0.2, 0) is 24.7 Å². The van der Waals surface area contributed by atoms with Crippen LogP contribution in [0.25, 0.3) is 28.2 Å². The van der Waals surface area contributed by atoms with E-state index in [9.17, 15) is 30.0 Å². The predicted molar refractivity (Wildman–Crippen MR) is 124 cm³/mol. The molecule has 0 fully saturated rings. The number of benzene rings is 2. The van der Waals surface area contributed by atoms with Crippen LogP contribution in [0, 0.1) is 0 Å². The lowest BCUT2D eigenvalue weighted by molar-refractivity contribution is -0.360. The van der Waals surface area contributed by atoms with Crippen molar-refractivity contribution in [2.24, 2.45) is 5.14 Å². The summed E-state index contributed by atoms with van der Waals surface area (Å²) in [5.74, 6) is -3.47. The number of carbonyl (C=O) groups is 1. The number of H-pyrrole nitrogens is 1. The average molecular weight is 589 g/mol. The number of hydrogen-bond acceptors (Lipinski definition) is 10. The average Bonchev–Trinajstić information content (AvgIpc) is 3.57. The molecule has 4 aromatic rings. The summed E-state index contributed by atoms with van der Waals surface area (Å²) in [5.41, 5.74) is 5.12. The fourth-order valence-corrected chi connectivity index (χ4v) is 6.18. The zero-order chi connectivity index (χ0) is 29.0. The van der Waals surface area contributed by atoms with E-state index in [0.29, 0.717) is 16.8 Å². The van der Waals surface area contributed by atoms with Gasteiger partial charge in [-0.1, -0.05) is 18.2 Å². The highest BCUT2D eigenvalue weighted by atomic mass is 32.2. The Labute approximate surface area is 218 Å². The number of hydrogen-bond donors (Lipinski definition) is 3. The molecule has 6 N–H and O–H groups in total. The third-order valence-corrected chi connectivity index (χ3v) is 7.84. The third-order valence-electron chi connectivity index (χ3n) is 4.88. The molecular weight excluding hydrogens is 569 g/mol. The lowest BCUT2D eigenvalue weighted by atomic mass is 9.98. The van der Waals surface area contributed by atoms with E-state index in [1.807, 2.05) is 6.07 Å². The SMILES string of the molecule is NS(=O)(=O)c1c(S(=O)(=O)CC[NH3+])ccc(-c2cccc(-n3cccn3)c2)c1-c1nn[nH]n1.O=C([O-])C(F)(F)F. The summed E-state index contributed by atoms with van der Waals surface area (Å²) < 4.78 is 84.2. The highest BCUT2D eigenvalue weighted by Crippen LogP contribution is 2.39. The number of nitrogens with zero attached hydrogens (tertiary/aromatic N) is 5. The maximum atomic E-state index is 12.8. The molecule has 0 aliphatic heterocycles. The number of carbonyl (C=O) groups excluding carboxylic acids is 1. The third kappa shape index (κ3) is 6.82. The van der Waals surface area contributed by atoms with Gasteiger partial charge in [-0.3, -0.25) is 0 Å². The zero-order valence-corrected chi connectivity index (χ0v) is 21.2. The number of quaternary nitrogens is 1. The second-order valence-corrected chi connectivity index (χ2v) is 11.1. The normalized spacial score (nSPS) is 12.0. The number of alkyl halides is 3. The standard InChI is InChI=1S/C18H18N8O4S2.C2HF3O2/c19-7-10-31(27,28)15-6-5-14(12-3-1-4-13(11-12)26-9-2-8-21-26)16(17(15)32(20,29)30)18-22-24-25-23-18;3-2(4,5)1(6)7/h1-6,8-9,11H,7,10,19H2,(H2,20,29,30)(H,22,23,24,25);(H,6,7). The van der Waals surface area contributed by atoms with E-state index >= 15 is 0 Å². The van der Waals surface area contributed by atoms with Crippen molar-refractivity contribution in [1.29, 1.82) is 0 Å². The van der Waals surface area contributed by atoms with Gasteiger partial charge in [-0.2, -0.15) is 23.5 Å². The molecule has 14 nitrogen and oxygen atoms in total. The highest BCUT2D eigenvalue weighted by Gasteiger charge is 2.32. The van der Waals surface area contributed by atoms with Crippen LogP contribution in [0.5, 0.6) is 0 Å². The van der Waals surface area contributed by atoms with Crippen LogP contribution >= 0.6 is 0 Å². The van der Waals surface area contributed by atoms with Crippen molar-refractivity contribution >= 4 is 25.8 Å². The molecule has 0 spiro atoms. The van der Waals surface area contributed by atoms with Crippen LogP contribution in [-0.4, -0.2) is 71.7 Å². The molecule has 0 atom stereocenters. The van der Waals surface area contributed by atoms with E-state index in [4.69, 9.17) is 15.0 Å². The molecule has 0 aliphatic rings. The van der Waals surface area contributed by atoms with Crippen LogP contribution < -0.4 is 16.0 Å². The Bertz CT molecular complexity index is 1670. The maximum Gasteiger partial charge on any atom is 0.430 e. The zero-order valence-electron chi connectivity index (χ0n) is 19.5. The largest absolute Gasteiger partial charge is 0.542 e. The summed E-state index contributed by atoms with van der Waals surface area (Å²) in [5, 5.41) is 32.0. The number of nitrogens with two attached hydrogens (primary N) is 1. The van der Waals surface area contributed by atoms with Gasteiger partial charge in [-0.25, -0.2) is 26.7 Å². The maximum absolute atomic E-state index is 12.8. The van der Waals surface area contributed by atoms with Gasteiger partial charge in [0.1, 0.15) is 16.6 Å². The van der Waals surface area contributed by atoms with E-state index in [1.165, 1.54) is 12.1 Å². The fourth-order valence-electron chi connectivity index (χ4n) is 3.36. The van der Waals surface area contributed by atoms with Gasteiger partial charge in [0.15, 0.2) is 9.84 Å². The smallest absolute Gasteiger partial charge is 0.430 e. The fraction of sp³-hybridized carbons (Fsp3) is 0.150. The number of aromatic nitrogens is 6. The quantitative estimate of drug-likeness (QED) is 0.230. The molecule has 2 aromatic heterocycles. The Balaban J connectivity index is 0.000000532. The Hall–Kier alpha value is -4.20. The first-order valence-corrected chi connectivity index (χ1v) is 13.7. The number of sulfone groups is 1. The summed E-state index contributed by atoms with van der Waals surface area (Å²) in [7, 11) is -8.52. The Kier molecular flexibility index (Phi) is 8.48. The predicted octanol–water partition coefficient (Wildman–Crippen LogP) is -1.32. The van der Waals surface area contributed by atoms with Gasteiger partial charge in [0.05, 0.1) is 22.7 Å². The summed E-state index contributed by atoms with van der Waals surface area (Å²) in [6.07, 6.45) is -1.82. The van der Waals surface area contributed by atoms with Crippen molar-refractivity contribution in [3.05, 3.63) is 54.9 Å². The lowest BCUT2D eigenvalue weighted by Crippen LogP contribution is -2.53. The molecule has 4 rings (SSSR count). The molecule has 0 radical (unpaired) electrons.